The standard InChI is InChI=1S/C20H22N4OS/c1-14-17(15(2)24(23-14)20-9-5-6-10-22-20)12-21-11-16-13-26-19-8-4-3-7-18(19)25-16/h3-10,16,21H,11-13H2,1-2H3. The summed E-state index contributed by atoms with van der Waals surface area (Å²) in [6, 6.07) is 14.1. The lowest BCUT2D eigenvalue weighted by molar-refractivity contribution is 0.211. The van der Waals surface area contributed by atoms with Crippen LogP contribution >= 0.6 is 11.8 Å². The number of ether oxygens (including phenoxy) is 1. The van der Waals surface area contributed by atoms with Crippen LogP contribution in [-0.4, -0.2) is 33.2 Å². The number of benzene rings is 1. The van der Waals surface area contributed by atoms with Crippen molar-refractivity contribution in [2.75, 3.05) is 12.3 Å². The van der Waals surface area contributed by atoms with Gasteiger partial charge in [-0.3, -0.25) is 0 Å². The minimum Gasteiger partial charge on any atom is -0.487 e. The molecule has 1 aliphatic heterocycles. The Balaban J connectivity index is 1.39. The van der Waals surface area contributed by atoms with Crippen LogP contribution in [0.1, 0.15) is 17.0 Å². The lowest BCUT2D eigenvalue weighted by Crippen LogP contribution is -2.35. The number of pyridine rings is 1. The van der Waals surface area contributed by atoms with E-state index in [1.807, 2.05) is 53.7 Å². The summed E-state index contributed by atoms with van der Waals surface area (Å²) in [6.45, 7) is 5.73. The number of para-hydroxylation sites is 1. The molecule has 1 aromatic carbocycles. The first-order valence-corrected chi connectivity index (χ1v) is 9.76. The van der Waals surface area contributed by atoms with Gasteiger partial charge in [0, 0.05) is 41.2 Å². The van der Waals surface area contributed by atoms with E-state index in [4.69, 9.17) is 4.74 Å². The molecule has 0 aliphatic carbocycles. The van der Waals surface area contributed by atoms with E-state index in [0.717, 1.165) is 41.8 Å². The van der Waals surface area contributed by atoms with E-state index in [-0.39, 0.29) is 6.10 Å². The third-order valence-corrected chi connectivity index (χ3v) is 5.74. The topological polar surface area (TPSA) is 52.0 Å². The first-order chi connectivity index (χ1) is 12.7. The second-order valence-corrected chi connectivity index (χ2v) is 7.44. The molecular weight excluding hydrogens is 344 g/mol. The molecule has 3 heterocycles. The second-order valence-electron chi connectivity index (χ2n) is 6.38. The molecule has 1 aliphatic rings. The molecule has 0 fully saturated rings. The molecule has 26 heavy (non-hydrogen) atoms. The summed E-state index contributed by atoms with van der Waals surface area (Å²) < 4.78 is 8.00. The number of nitrogens with one attached hydrogen (secondary N) is 1. The van der Waals surface area contributed by atoms with Gasteiger partial charge in [0.15, 0.2) is 5.82 Å². The highest BCUT2D eigenvalue weighted by atomic mass is 32.2. The predicted molar refractivity (Wildman–Crippen MR) is 104 cm³/mol. The Morgan fingerprint density at radius 2 is 2.04 bits per heavy atom. The summed E-state index contributed by atoms with van der Waals surface area (Å²) in [7, 11) is 0. The van der Waals surface area contributed by atoms with Crippen LogP contribution < -0.4 is 10.1 Å². The van der Waals surface area contributed by atoms with Gasteiger partial charge in [-0.25, -0.2) is 9.67 Å². The van der Waals surface area contributed by atoms with E-state index in [1.54, 1.807) is 6.20 Å². The predicted octanol–water partition coefficient (Wildman–Crippen LogP) is 3.53. The van der Waals surface area contributed by atoms with Gasteiger partial charge in [-0.15, -0.1) is 11.8 Å². The van der Waals surface area contributed by atoms with Crippen molar-refractivity contribution in [1.82, 2.24) is 20.1 Å². The third-order valence-electron chi connectivity index (χ3n) is 4.55. The van der Waals surface area contributed by atoms with E-state index in [1.165, 1.54) is 10.5 Å². The maximum Gasteiger partial charge on any atom is 0.153 e. The van der Waals surface area contributed by atoms with Gasteiger partial charge in [0.1, 0.15) is 11.9 Å². The van der Waals surface area contributed by atoms with Crippen LogP contribution in [0.4, 0.5) is 0 Å². The van der Waals surface area contributed by atoms with Gasteiger partial charge in [-0.2, -0.15) is 5.10 Å². The maximum absolute atomic E-state index is 6.09. The molecule has 0 bridgehead atoms. The molecule has 1 atom stereocenters. The zero-order valence-corrected chi connectivity index (χ0v) is 15.8. The first-order valence-electron chi connectivity index (χ1n) is 8.78. The quantitative estimate of drug-likeness (QED) is 0.749. The number of nitrogens with zero attached hydrogens (tertiary/aromatic N) is 3. The number of aryl methyl sites for hydroxylation is 1. The van der Waals surface area contributed by atoms with Crippen LogP contribution in [0.3, 0.4) is 0 Å². The molecule has 134 valence electrons. The summed E-state index contributed by atoms with van der Waals surface area (Å²) in [4.78, 5) is 5.63. The fraction of sp³-hybridized carbons (Fsp3) is 0.300. The monoisotopic (exact) mass is 366 g/mol. The average Bonchev–Trinajstić information content (AvgIpc) is 2.97. The number of hydrogen-bond acceptors (Lipinski definition) is 5. The molecule has 1 unspecified atom stereocenters. The summed E-state index contributed by atoms with van der Waals surface area (Å²) >= 11 is 1.86. The van der Waals surface area contributed by atoms with Gasteiger partial charge < -0.3 is 10.1 Å². The van der Waals surface area contributed by atoms with Gasteiger partial charge in [0.25, 0.3) is 0 Å². The molecule has 4 rings (SSSR count). The lowest BCUT2D eigenvalue weighted by atomic mass is 10.2. The Bertz CT molecular complexity index is 894. The van der Waals surface area contributed by atoms with Crippen LogP contribution in [0.5, 0.6) is 5.75 Å². The summed E-state index contributed by atoms with van der Waals surface area (Å²) in [5.41, 5.74) is 3.38. The molecule has 0 radical (unpaired) electrons. The second kappa shape index (κ2) is 7.51. The van der Waals surface area contributed by atoms with Crippen molar-refractivity contribution in [3.8, 4) is 11.6 Å². The van der Waals surface area contributed by atoms with Gasteiger partial charge in [0.2, 0.25) is 0 Å². The first kappa shape index (κ1) is 17.1. The average molecular weight is 366 g/mol. The number of rotatable bonds is 5. The number of thioether (sulfide) groups is 1. The van der Waals surface area contributed by atoms with Crippen LogP contribution in [0.25, 0.3) is 5.82 Å². The highest BCUT2D eigenvalue weighted by Crippen LogP contribution is 2.34. The molecule has 0 saturated heterocycles. The zero-order valence-electron chi connectivity index (χ0n) is 15.0. The van der Waals surface area contributed by atoms with Crippen molar-refractivity contribution >= 4 is 11.8 Å². The van der Waals surface area contributed by atoms with Crippen molar-refractivity contribution in [2.45, 2.75) is 31.4 Å². The molecule has 3 aromatic rings. The summed E-state index contributed by atoms with van der Waals surface area (Å²) in [5.74, 6) is 2.81. The van der Waals surface area contributed by atoms with Crippen molar-refractivity contribution in [1.29, 1.82) is 0 Å². The molecule has 6 heteroatoms. The SMILES string of the molecule is Cc1nn(-c2ccccn2)c(C)c1CNCC1CSc2ccccc2O1. The smallest absolute Gasteiger partial charge is 0.153 e. The Morgan fingerprint density at radius 1 is 1.19 bits per heavy atom. The minimum atomic E-state index is 0.182. The zero-order chi connectivity index (χ0) is 17.9. The van der Waals surface area contributed by atoms with Crippen molar-refractivity contribution in [3.05, 3.63) is 65.6 Å². The fourth-order valence-corrected chi connectivity index (χ4v) is 4.14. The molecule has 0 saturated carbocycles. The summed E-state index contributed by atoms with van der Waals surface area (Å²) in [5, 5.41) is 8.19. The third kappa shape index (κ3) is 3.48. The fourth-order valence-electron chi connectivity index (χ4n) is 3.15. The highest BCUT2D eigenvalue weighted by Gasteiger charge is 2.20. The molecule has 0 spiro atoms. The summed E-state index contributed by atoms with van der Waals surface area (Å²) in [6.07, 6.45) is 1.97. The van der Waals surface area contributed by atoms with Crippen LogP contribution in [0.15, 0.2) is 53.6 Å². The molecule has 0 amide bonds. The van der Waals surface area contributed by atoms with Crippen molar-refractivity contribution in [2.24, 2.45) is 0 Å². The van der Waals surface area contributed by atoms with Gasteiger partial charge in [0.05, 0.1) is 5.69 Å². The van der Waals surface area contributed by atoms with E-state index in [0.29, 0.717) is 0 Å². The van der Waals surface area contributed by atoms with Gasteiger partial charge in [-0.05, 0) is 38.1 Å². The number of aromatic nitrogens is 3. The Kier molecular flexibility index (Phi) is 4.95. The van der Waals surface area contributed by atoms with Gasteiger partial charge in [-0.1, -0.05) is 18.2 Å². The van der Waals surface area contributed by atoms with Crippen molar-refractivity contribution in [3.63, 3.8) is 0 Å². The van der Waals surface area contributed by atoms with Crippen molar-refractivity contribution < 1.29 is 4.74 Å². The number of hydrogen-bond donors (Lipinski definition) is 1. The lowest BCUT2D eigenvalue weighted by Gasteiger charge is -2.25. The highest BCUT2D eigenvalue weighted by molar-refractivity contribution is 7.99. The largest absolute Gasteiger partial charge is 0.487 e. The Labute approximate surface area is 157 Å². The van der Waals surface area contributed by atoms with E-state index in [2.05, 4.69) is 34.5 Å². The Morgan fingerprint density at radius 3 is 2.88 bits per heavy atom. The Hall–Kier alpha value is -2.31. The normalized spacial score (nSPS) is 16.2. The van der Waals surface area contributed by atoms with Gasteiger partial charge >= 0.3 is 0 Å². The maximum atomic E-state index is 6.09. The van der Waals surface area contributed by atoms with Crippen LogP contribution in [-0.2, 0) is 6.54 Å². The molecule has 2 aromatic heterocycles. The van der Waals surface area contributed by atoms with Crippen LogP contribution in [0.2, 0.25) is 0 Å². The molecular formula is C20H22N4OS. The van der Waals surface area contributed by atoms with E-state index in [9.17, 15) is 0 Å². The number of fused-ring (bicyclic) bond motifs is 1. The van der Waals surface area contributed by atoms with E-state index >= 15 is 0 Å². The molecule has 5 nitrogen and oxygen atoms in total. The molecule has 1 N–H and O–H groups in total. The van der Waals surface area contributed by atoms with Crippen LogP contribution in [0, 0.1) is 13.8 Å². The van der Waals surface area contributed by atoms with E-state index < -0.39 is 0 Å². The minimum absolute atomic E-state index is 0.182.